The van der Waals surface area contributed by atoms with Gasteiger partial charge in [-0.05, 0) is 42.0 Å². The summed E-state index contributed by atoms with van der Waals surface area (Å²) in [5.41, 5.74) is 2.31. The molecule has 0 fully saturated rings. The van der Waals surface area contributed by atoms with Gasteiger partial charge in [-0.15, -0.1) is 11.8 Å². The Kier molecular flexibility index (Phi) is 5.78. The molecule has 0 spiro atoms. The molecule has 0 unspecified atom stereocenters. The third-order valence-corrected chi connectivity index (χ3v) is 3.73. The van der Waals surface area contributed by atoms with Crippen molar-refractivity contribution in [3.63, 3.8) is 0 Å². The van der Waals surface area contributed by atoms with E-state index in [-0.39, 0.29) is 12.5 Å². The number of aliphatic hydroxyl groups excluding tert-OH is 1. The number of carbonyl (C=O) groups excluding carboxylic acids is 1. The molecule has 2 rings (SSSR count). The fraction of sp³-hybridized carbons (Fsp3) is 0.250. The van der Waals surface area contributed by atoms with Crippen LogP contribution in [0.3, 0.4) is 0 Å². The summed E-state index contributed by atoms with van der Waals surface area (Å²) in [6.07, 6.45) is 2.21. The first-order chi connectivity index (χ1) is 10.2. The highest BCUT2D eigenvalue weighted by atomic mass is 32.2. The SMILES string of the molecule is CCSc1ccc(C(=O)Nc2ccc(CCO)cc2)cn1. The van der Waals surface area contributed by atoms with E-state index in [0.717, 1.165) is 22.0 Å². The lowest BCUT2D eigenvalue weighted by Crippen LogP contribution is -2.12. The van der Waals surface area contributed by atoms with Gasteiger partial charge in [0.1, 0.15) is 0 Å². The summed E-state index contributed by atoms with van der Waals surface area (Å²) in [6, 6.07) is 11.1. The summed E-state index contributed by atoms with van der Waals surface area (Å²) < 4.78 is 0. The fourth-order valence-electron chi connectivity index (χ4n) is 1.83. The first-order valence-electron chi connectivity index (χ1n) is 6.83. The van der Waals surface area contributed by atoms with Crippen molar-refractivity contribution >= 4 is 23.4 Å². The third-order valence-electron chi connectivity index (χ3n) is 2.90. The molecular weight excluding hydrogens is 284 g/mol. The number of aliphatic hydroxyl groups is 1. The van der Waals surface area contributed by atoms with Crippen molar-refractivity contribution < 1.29 is 9.90 Å². The molecule has 1 aromatic carbocycles. The molecule has 0 saturated heterocycles. The molecule has 0 atom stereocenters. The number of nitrogens with zero attached hydrogens (tertiary/aromatic N) is 1. The Hall–Kier alpha value is -1.85. The lowest BCUT2D eigenvalue weighted by atomic mass is 10.1. The van der Waals surface area contributed by atoms with Crippen molar-refractivity contribution in [2.75, 3.05) is 17.7 Å². The molecule has 0 radical (unpaired) electrons. The number of carbonyl (C=O) groups is 1. The molecule has 110 valence electrons. The van der Waals surface area contributed by atoms with E-state index in [1.54, 1.807) is 24.0 Å². The maximum Gasteiger partial charge on any atom is 0.257 e. The molecule has 2 N–H and O–H groups in total. The Balaban J connectivity index is 2.00. The van der Waals surface area contributed by atoms with E-state index < -0.39 is 0 Å². The average molecular weight is 302 g/mol. The summed E-state index contributed by atoms with van der Waals surface area (Å²) in [7, 11) is 0. The number of anilines is 1. The summed E-state index contributed by atoms with van der Waals surface area (Å²) >= 11 is 1.64. The van der Waals surface area contributed by atoms with Crippen LogP contribution in [0.25, 0.3) is 0 Å². The monoisotopic (exact) mass is 302 g/mol. The smallest absolute Gasteiger partial charge is 0.257 e. The molecule has 21 heavy (non-hydrogen) atoms. The summed E-state index contributed by atoms with van der Waals surface area (Å²) in [4.78, 5) is 16.3. The Morgan fingerprint density at radius 2 is 2.00 bits per heavy atom. The molecule has 1 amide bonds. The Bertz CT molecular complexity index is 582. The second kappa shape index (κ2) is 7.81. The molecule has 0 aliphatic heterocycles. The van der Waals surface area contributed by atoms with E-state index in [0.29, 0.717) is 12.0 Å². The molecule has 0 bridgehead atoms. The van der Waals surface area contributed by atoms with Crippen molar-refractivity contribution in [2.24, 2.45) is 0 Å². The van der Waals surface area contributed by atoms with Crippen molar-refractivity contribution in [1.82, 2.24) is 4.98 Å². The Morgan fingerprint density at radius 1 is 1.24 bits per heavy atom. The van der Waals surface area contributed by atoms with E-state index in [1.165, 1.54) is 0 Å². The minimum absolute atomic E-state index is 0.124. The number of thioether (sulfide) groups is 1. The number of rotatable bonds is 6. The quantitative estimate of drug-likeness (QED) is 0.805. The van der Waals surface area contributed by atoms with Crippen LogP contribution in [0.4, 0.5) is 5.69 Å². The number of hydrogen-bond donors (Lipinski definition) is 2. The van der Waals surface area contributed by atoms with Crippen molar-refractivity contribution in [3.05, 3.63) is 53.7 Å². The Morgan fingerprint density at radius 3 is 2.57 bits per heavy atom. The predicted molar refractivity (Wildman–Crippen MR) is 85.8 cm³/mol. The zero-order chi connectivity index (χ0) is 15.1. The van der Waals surface area contributed by atoms with Gasteiger partial charge in [0.05, 0.1) is 10.6 Å². The van der Waals surface area contributed by atoms with Crippen LogP contribution in [-0.4, -0.2) is 28.4 Å². The van der Waals surface area contributed by atoms with Crippen molar-refractivity contribution in [1.29, 1.82) is 0 Å². The molecule has 0 aliphatic carbocycles. The fourth-order valence-corrected chi connectivity index (χ4v) is 2.42. The number of pyridine rings is 1. The van der Waals surface area contributed by atoms with Crippen LogP contribution in [0, 0.1) is 0 Å². The van der Waals surface area contributed by atoms with Crippen LogP contribution in [0.2, 0.25) is 0 Å². The van der Waals surface area contributed by atoms with Crippen LogP contribution in [0.5, 0.6) is 0 Å². The van der Waals surface area contributed by atoms with E-state index in [1.807, 2.05) is 30.3 Å². The van der Waals surface area contributed by atoms with Gasteiger partial charge < -0.3 is 10.4 Å². The maximum atomic E-state index is 12.1. The van der Waals surface area contributed by atoms with Gasteiger partial charge in [-0.3, -0.25) is 4.79 Å². The number of benzene rings is 1. The van der Waals surface area contributed by atoms with Gasteiger partial charge >= 0.3 is 0 Å². The van der Waals surface area contributed by atoms with E-state index in [4.69, 9.17) is 5.11 Å². The number of nitrogens with one attached hydrogen (secondary N) is 1. The normalized spacial score (nSPS) is 10.4. The van der Waals surface area contributed by atoms with Crippen molar-refractivity contribution in [2.45, 2.75) is 18.4 Å². The molecule has 0 aliphatic rings. The van der Waals surface area contributed by atoms with E-state index in [9.17, 15) is 4.79 Å². The molecule has 0 saturated carbocycles. The van der Waals surface area contributed by atoms with E-state index >= 15 is 0 Å². The molecule has 1 aromatic heterocycles. The summed E-state index contributed by atoms with van der Waals surface area (Å²) in [6.45, 7) is 2.19. The molecule has 2 aromatic rings. The highest BCUT2D eigenvalue weighted by Gasteiger charge is 2.07. The first-order valence-corrected chi connectivity index (χ1v) is 7.81. The molecule has 1 heterocycles. The van der Waals surface area contributed by atoms with Crippen LogP contribution in [0.15, 0.2) is 47.6 Å². The average Bonchev–Trinajstić information content (AvgIpc) is 2.50. The van der Waals surface area contributed by atoms with E-state index in [2.05, 4.69) is 17.2 Å². The standard InChI is InChI=1S/C16H18N2O2S/c1-2-21-15-8-5-13(11-17-15)16(20)18-14-6-3-12(4-7-14)9-10-19/h3-8,11,19H,2,9-10H2,1H3,(H,18,20). The minimum Gasteiger partial charge on any atom is -0.396 e. The highest BCUT2D eigenvalue weighted by Crippen LogP contribution is 2.16. The van der Waals surface area contributed by atoms with Crippen LogP contribution < -0.4 is 5.32 Å². The van der Waals surface area contributed by atoms with Gasteiger partial charge in [0, 0.05) is 18.5 Å². The topological polar surface area (TPSA) is 62.2 Å². The zero-order valence-corrected chi connectivity index (χ0v) is 12.7. The zero-order valence-electron chi connectivity index (χ0n) is 11.9. The number of hydrogen-bond acceptors (Lipinski definition) is 4. The first kappa shape index (κ1) is 15.5. The lowest BCUT2D eigenvalue weighted by molar-refractivity contribution is 0.102. The number of amides is 1. The molecule has 5 heteroatoms. The third kappa shape index (κ3) is 4.58. The highest BCUT2D eigenvalue weighted by molar-refractivity contribution is 7.99. The minimum atomic E-state index is -0.176. The second-order valence-corrected chi connectivity index (χ2v) is 5.73. The van der Waals surface area contributed by atoms with Crippen LogP contribution in [0.1, 0.15) is 22.8 Å². The summed E-state index contributed by atoms with van der Waals surface area (Å²) in [5, 5.41) is 12.6. The predicted octanol–water partition coefficient (Wildman–Crippen LogP) is 2.98. The molecular formula is C16H18N2O2S. The van der Waals surface area contributed by atoms with Gasteiger partial charge in [0.25, 0.3) is 5.91 Å². The largest absolute Gasteiger partial charge is 0.396 e. The maximum absolute atomic E-state index is 12.1. The van der Waals surface area contributed by atoms with Gasteiger partial charge in [0.2, 0.25) is 0 Å². The number of aromatic nitrogens is 1. The van der Waals surface area contributed by atoms with Gasteiger partial charge in [-0.2, -0.15) is 0 Å². The van der Waals surface area contributed by atoms with Crippen LogP contribution in [-0.2, 0) is 6.42 Å². The molecule has 4 nitrogen and oxygen atoms in total. The Labute approximate surface area is 128 Å². The lowest BCUT2D eigenvalue weighted by Gasteiger charge is -2.06. The van der Waals surface area contributed by atoms with Gasteiger partial charge in [-0.1, -0.05) is 19.1 Å². The summed E-state index contributed by atoms with van der Waals surface area (Å²) in [5.74, 6) is 0.782. The van der Waals surface area contributed by atoms with Gasteiger partial charge in [-0.25, -0.2) is 4.98 Å². The second-order valence-electron chi connectivity index (χ2n) is 4.44. The van der Waals surface area contributed by atoms with Crippen molar-refractivity contribution in [3.8, 4) is 0 Å². The van der Waals surface area contributed by atoms with Crippen LogP contribution >= 0.6 is 11.8 Å². The van der Waals surface area contributed by atoms with Gasteiger partial charge in [0.15, 0.2) is 0 Å².